The molecule has 1 fully saturated rings. The van der Waals surface area contributed by atoms with Gasteiger partial charge in [-0.25, -0.2) is 26.2 Å². The van der Waals surface area contributed by atoms with E-state index in [1.54, 1.807) is 41.2 Å². The van der Waals surface area contributed by atoms with Gasteiger partial charge in [0.25, 0.3) is 0 Å². The first-order valence-electron chi connectivity index (χ1n) is 14.7. The SMILES string of the molecule is C[C@]12Cc3cnn(-c4ccc(F)cc4)c3C=C1CC[C@@H]2CN(CCc1ccccc1F)S(=O)(=O)Cc1cccc(C(F)(F)F)c1. The maximum atomic E-state index is 14.5. The lowest BCUT2D eigenvalue weighted by molar-refractivity contribution is -0.137. The molecule has 4 aromatic rings. The molecule has 1 saturated carbocycles. The van der Waals surface area contributed by atoms with E-state index in [2.05, 4.69) is 18.1 Å². The molecule has 6 rings (SSSR count). The van der Waals surface area contributed by atoms with E-state index in [0.29, 0.717) is 18.4 Å². The Morgan fingerprint density at radius 1 is 1.02 bits per heavy atom. The highest BCUT2D eigenvalue weighted by atomic mass is 32.2. The second-order valence-corrected chi connectivity index (χ2v) is 14.1. The number of halogens is 5. The monoisotopic (exact) mass is 641 g/mol. The van der Waals surface area contributed by atoms with E-state index >= 15 is 0 Å². The van der Waals surface area contributed by atoms with Gasteiger partial charge in [0.1, 0.15) is 11.6 Å². The molecule has 236 valence electrons. The molecule has 1 heterocycles. The Morgan fingerprint density at radius 2 is 1.78 bits per heavy atom. The highest BCUT2D eigenvalue weighted by Crippen LogP contribution is 2.53. The molecule has 2 aliphatic rings. The van der Waals surface area contributed by atoms with Gasteiger partial charge in [-0.05, 0) is 96.2 Å². The number of benzene rings is 3. The van der Waals surface area contributed by atoms with E-state index in [1.807, 2.05) is 0 Å². The Morgan fingerprint density at radius 3 is 2.51 bits per heavy atom. The summed E-state index contributed by atoms with van der Waals surface area (Å²) in [6.45, 7) is 2.25. The van der Waals surface area contributed by atoms with Crippen molar-refractivity contribution in [2.24, 2.45) is 11.3 Å². The molecule has 0 spiro atoms. The zero-order valence-corrected chi connectivity index (χ0v) is 25.4. The maximum absolute atomic E-state index is 14.5. The number of sulfonamides is 1. The standard InChI is InChI=1S/C34H32F5N3O2S/c1-33-19-25-20-40-42(30-13-11-29(35)12-14-30)32(25)18-26(33)9-10-28(33)21-41(16-15-24-6-2-3-8-31(24)36)45(43,44)22-23-5-4-7-27(17-23)34(37,38)39/h2-8,11-14,17-18,20,28H,9-10,15-16,19,21-22H2,1H3/t28-,33+/m1/s1. The molecule has 11 heteroatoms. The van der Waals surface area contributed by atoms with Crippen LogP contribution in [0, 0.1) is 23.0 Å². The lowest BCUT2D eigenvalue weighted by Gasteiger charge is -2.38. The van der Waals surface area contributed by atoms with Gasteiger partial charge in [0.05, 0.1) is 28.9 Å². The highest BCUT2D eigenvalue weighted by Gasteiger charge is 2.47. The van der Waals surface area contributed by atoms with E-state index in [9.17, 15) is 30.4 Å². The zero-order chi connectivity index (χ0) is 32.0. The first-order valence-corrected chi connectivity index (χ1v) is 16.4. The third-order valence-electron chi connectivity index (χ3n) is 9.23. The molecule has 0 bridgehead atoms. The van der Waals surface area contributed by atoms with Gasteiger partial charge in [-0.3, -0.25) is 0 Å². The second kappa shape index (κ2) is 11.8. The van der Waals surface area contributed by atoms with Gasteiger partial charge in [-0.1, -0.05) is 48.9 Å². The van der Waals surface area contributed by atoms with Gasteiger partial charge in [-0.2, -0.15) is 18.3 Å². The summed E-state index contributed by atoms with van der Waals surface area (Å²) in [4.78, 5) is 0. The van der Waals surface area contributed by atoms with Crippen LogP contribution in [0.4, 0.5) is 22.0 Å². The van der Waals surface area contributed by atoms with Crippen LogP contribution in [-0.2, 0) is 34.8 Å². The topological polar surface area (TPSA) is 55.2 Å². The summed E-state index contributed by atoms with van der Waals surface area (Å²) in [6.07, 6.45) is 1.47. The number of nitrogens with zero attached hydrogens (tertiary/aromatic N) is 3. The molecule has 0 aliphatic heterocycles. The second-order valence-electron chi connectivity index (χ2n) is 12.1. The molecular formula is C34H32F5N3O2S. The van der Waals surface area contributed by atoms with Crippen molar-refractivity contribution >= 4 is 16.1 Å². The lowest BCUT2D eigenvalue weighted by atomic mass is 9.70. The summed E-state index contributed by atoms with van der Waals surface area (Å²) < 4.78 is 99.1. The van der Waals surface area contributed by atoms with Crippen LogP contribution in [-0.4, -0.2) is 35.6 Å². The highest BCUT2D eigenvalue weighted by molar-refractivity contribution is 7.88. The lowest BCUT2D eigenvalue weighted by Crippen LogP contribution is -2.42. The minimum atomic E-state index is -4.60. The summed E-state index contributed by atoms with van der Waals surface area (Å²) in [5.74, 6) is -1.48. The van der Waals surface area contributed by atoms with E-state index in [1.165, 1.54) is 34.6 Å². The first-order chi connectivity index (χ1) is 21.3. The fourth-order valence-electron chi connectivity index (χ4n) is 6.69. The molecule has 2 atom stereocenters. The van der Waals surface area contributed by atoms with Gasteiger partial charge in [-0.15, -0.1) is 0 Å². The number of hydrogen-bond acceptors (Lipinski definition) is 3. The van der Waals surface area contributed by atoms with Gasteiger partial charge in [0.2, 0.25) is 10.0 Å². The molecule has 0 saturated heterocycles. The predicted octanol–water partition coefficient (Wildman–Crippen LogP) is 7.60. The Labute approximate surface area is 259 Å². The van der Waals surface area contributed by atoms with Crippen LogP contribution in [0.2, 0.25) is 0 Å². The van der Waals surface area contributed by atoms with Crippen LogP contribution >= 0.6 is 0 Å². The molecule has 2 aliphatic carbocycles. The third-order valence-corrected chi connectivity index (χ3v) is 11.0. The van der Waals surface area contributed by atoms with Crippen LogP contribution in [0.5, 0.6) is 0 Å². The van der Waals surface area contributed by atoms with Crippen molar-refractivity contribution in [3.05, 3.63) is 124 Å². The summed E-state index contributed by atoms with van der Waals surface area (Å²) in [6, 6.07) is 16.6. The largest absolute Gasteiger partial charge is 0.416 e. The van der Waals surface area contributed by atoms with Crippen LogP contribution < -0.4 is 0 Å². The molecular weight excluding hydrogens is 609 g/mol. The van der Waals surface area contributed by atoms with Crippen molar-refractivity contribution in [2.45, 2.75) is 44.5 Å². The number of allylic oxidation sites excluding steroid dienone is 1. The zero-order valence-electron chi connectivity index (χ0n) is 24.6. The molecule has 0 amide bonds. The molecule has 0 radical (unpaired) electrons. The molecule has 45 heavy (non-hydrogen) atoms. The van der Waals surface area contributed by atoms with Gasteiger partial charge < -0.3 is 0 Å². The summed E-state index contributed by atoms with van der Waals surface area (Å²) in [5, 5.41) is 4.55. The fraction of sp³-hybridized carbons (Fsp3) is 0.324. The van der Waals surface area contributed by atoms with Crippen LogP contribution in [0.15, 0.2) is 84.6 Å². The molecule has 3 aromatic carbocycles. The quantitative estimate of drug-likeness (QED) is 0.177. The maximum Gasteiger partial charge on any atom is 0.416 e. The van der Waals surface area contributed by atoms with E-state index in [-0.39, 0.29) is 42.2 Å². The van der Waals surface area contributed by atoms with E-state index in [4.69, 9.17) is 0 Å². The minimum Gasteiger partial charge on any atom is -0.233 e. The average Bonchev–Trinajstić information content (AvgIpc) is 3.53. The summed E-state index contributed by atoms with van der Waals surface area (Å²) in [7, 11) is -4.09. The van der Waals surface area contributed by atoms with Crippen molar-refractivity contribution < 1.29 is 30.4 Å². The summed E-state index contributed by atoms with van der Waals surface area (Å²) in [5.41, 5.74) is 2.89. The minimum absolute atomic E-state index is 0.0123. The molecule has 1 aromatic heterocycles. The Bertz CT molecular complexity index is 1850. The van der Waals surface area contributed by atoms with Crippen molar-refractivity contribution in [1.82, 2.24) is 14.1 Å². The number of alkyl halides is 3. The Hall–Kier alpha value is -3.83. The number of hydrogen-bond donors (Lipinski definition) is 0. The van der Waals surface area contributed by atoms with Gasteiger partial charge >= 0.3 is 6.18 Å². The summed E-state index contributed by atoms with van der Waals surface area (Å²) >= 11 is 0. The van der Waals surface area contributed by atoms with Crippen molar-refractivity contribution in [2.75, 3.05) is 13.1 Å². The first kappa shape index (κ1) is 31.2. The van der Waals surface area contributed by atoms with Crippen LogP contribution in [0.3, 0.4) is 0 Å². The molecule has 5 nitrogen and oxygen atoms in total. The van der Waals surface area contributed by atoms with Crippen molar-refractivity contribution in [3.63, 3.8) is 0 Å². The third kappa shape index (κ3) is 6.33. The fourth-order valence-corrected chi connectivity index (χ4v) is 8.25. The molecule has 0 N–H and O–H groups in total. The van der Waals surface area contributed by atoms with E-state index < -0.39 is 33.3 Å². The normalized spacial score (nSPS) is 19.8. The Balaban J connectivity index is 1.28. The Kier molecular flexibility index (Phi) is 8.19. The number of rotatable bonds is 9. The van der Waals surface area contributed by atoms with Gasteiger partial charge in [0, 0.05) is 13.1 Å². The van der Waals surface area contributed by atoms with Gasteiger partial charge in [0.15, 0.2) is 0 Å². The number of fused-ring (bicyclic) bond motifs is 2. The predicted molar refractivity (Wildman–Crippen MR) is 162 cm³/mol. The van der Waals surface area contributed by atoms with Crippen molar-refractivity contribution in [3.8, 4) is 5.69 Å². The average molecular weight is 642 g/mol. The van der Waals surface area contributed by atoms with E-state index in [0.717, 1.165) is 41.1 Å². The number of aromatic nitrogens is 2. The smallest absolute Gasteiger partial charge is 0.233 e. The van der Waals surface area contributed by atoms with Crippen molar-refractivity contribution in [1.29, 1.82) is 0 Å². The molecule has 0 unspecified atom stereocenters. The van der Waals surface area contributed by atoms with Crippen LogP contribution in [0.1, 0.15) is 47.7 Å². The van der Waals surface area contributed by atoms with Crippen LogP contribution in [0.25, 0.3) is 11.8 Å².